The fourth-order valence-electron chi connectivity index (χ4n) is 2.89. The van der Waals surface area contributed by atoms with Gasteiger partial charge in [0.25, 0.3) is 5.91 Å². The Morgan fingerprint density at radius 3 is 2.35 bits per heavy atom. The van der Waals surface area contributed by atoms with Crippen LogP contribution in [0, 0.1) is 13.8 Å². The van der Waals surface area contributed by atoms with E-state index in [2.05, 4.69) is 10.4 Å². The van der Waals surface area contributed by atoms with Crippen LogP contribution in [0.25, 0.3) is 5.69 Å². The number of hydrogen-bond donors (Lipinski definition) is 1. The molecule has 0 aliphatic heterocycles. The van der Waals surface area contributed by atoms with Gasteiger partial charge < -0.3 is 10.1 Å². The summed E-state index contributed by atoms with van der Waals surface area (Å²) in [5.74, 6) is -1.71. The third kappa shape index (κ3) is 5.43. The molecule has 0 radical (unpaired) electrons. The third-order valence-electron chi connectivity index (χ3n) is 4.25. The number of esters is 1. The SMILES string of the molecule is Cc1cc(C)n(-c2ccc(C(=O)OCC(=O)Nc3ccc(Cl)cc3C(F)(F)F)cc2)n1. The van der Waals surface area contributed by atoms with E-state index in [1.54, 1.807) is 16.8 Å². The van der Waals surface area contributed by atoms with Crippen molar-refractivity contribution in [2.45, 2.75) is 20.0 Å². The largest absolute Gasteiger partial charge is 0.452 e. The van der Waals surface area contributed by atoms with Crippen molar-refractivity contribution < 1.29 is 27.5 Å². The maximum atomic E-state index is 13.1. The van der Waals surface area contributed by atoms with Crippen molar-refractivity contribution in [2.24, 2.45) is 0 Å². The van der Waals surface area contributed by atoms with Gasteiger partial charge in [-0.1, -0.05) is 11.6 Å². The number of benzene rings is 2. The molecule has 0 aliphatic carbocycles. The first-order valence-corrected chi connectivity index (χ1v) is 9.40. The number of halogens is 4. The third-order valence-corrected chi connectivity index (χ3v) is 4.49. The van der Waals surface area contributed by atoms with Crippen LogP contribution >= 0.6 is 11.6 Å². The van der Waals surface area contributed by atoms with Crippen LogP contribution in [-0.4, -0.2) is 28.3 Å². The highest BCUT2D eigenvalue weighted by Crippen LogP contribution is 2.36. The Morgan fingerprint density at radius 2 is 1.77 bits per heavy atom. The van der Waals surface area contributed by atoms with Gasteiger partial charge in [0, 0.05) is 10.7 Å². The molecule has 0 fully saturated rings. The number of rotatable bonds is 5. The molecule has 0 saturated carbocycles. The minimum Gasteiger partial charge on any atom is -0.452 e. The lowest BCUT2D eigenvalue weighted by molar-refractivity contribution is -0.137. The molecule has 162 valence electrons. The maximum Gasteiger partial charge on any atom is 0.418 e. The molecule has 3 aromatic rings. The van der Waals surface area contributed by atoms with Crippen LogP contribution < -0.4 is 5.32 Å². The molecule has 3 rings (SSSR count). The second kappa shape index (κ2) is 8.81. The van der Waals surface area contributed by atoms with Gasteiger partial charge in [-0.05, 0) is 62.4 Å². The standard InChI is InChI=1S/C21H17ClF3N3O3/c1-12-9-13(2)28(27-12)16-6-3-14(4-7-16)20(30)31-11-19(29)26-18-8-5-15(22)10-17(18)21(23,24)25/h3-10H,11H2,1-2H3,(H,26,29). The van der Waals surface area contributed by atoms with E-state index >= 15 is 0 Å². The molecule has 0 saturated heterocycles. The fraction of sp³-hybridized carbons (Fsp3) is 0.190. The van der Waals surface area contributed by atoms with Gasteiger partial charge in [0.1, 0.15) is 0 Å². The van der Waals surface area contributed by atoms with Crippen LogP contribution in [0.3, 0.4) is 0 Å². The monoisotopic (exact) mass is 451 g/mol. The van der Waals surface area contributed by atoms with Crippen molar-refractivity contribution >= 4 is 29.2 Å². The summed E-state index contributed by atoms with van der Waals surface area (Å²) in [5.41, 5.74) is 1.11. The molecule has 1 aromatic heterocycles. The highest BCUT2D eigenvalue weighted by molar-refractivity contribution is 6.30. The predicted octanol–water partition coefficient (Wildman–Crippen LogP) is 4.96. The number of nitrogens with one attached hydrogen (secondary N) is 1. The van der Waals surface area contributed by atoms with Gasteiger partial charge in [0.05, 0.1) is 28.2 Å². The van der Waals surface area contributed by atoms with E-state index < -0.39 is 35.9 Å². The summed E-state index contributed by atoms with van der Waals surface area (Å²) in [6, 6.07) is 11.2. The van der Waals surface area contributed by atoms with Crippen LogP contribution in [0.4, 0.5) is 18.9 Å². The number of carbonyl (C=O) groups is 2. The first kappa shape index (κ1) is 22.4. The first-order chi connectivity index (χ1) is 14.5. The molecule has 1 N–H and O–H groups in total. The van der Waals surface area contributed by atoms with Crippen molar-refractivity contribution in [3.8, 4) is 5.69 Å². The number of anilines is 1. The van der Waals surface area contributed by atoms with E-state index in [-0.39, 0.29) is 10.6 Å². The molecule has 31 heavy (non-hydrogen) atoms. The summed E-state index contributed by atoms with van der Waals surface area (Å²) in [5, 5.41) is 6.30. The number of alkyl halides is 3. The zero-order chi connectivity index (χ0) is 22.8. The number of carbonyl (C=O) groups excluding carboxylic acids is 2. The van der Waals surface area contributed by atoms with Gasteiger partial charge >= 0.3 is 12.1 Å². The number of ether oxygens (including phenoxy) is 1. The molecular weight excluding hydrogens is 435 g/mol. The highest BCUT2D eigenvalue weighted by atomic mass is 35.5. The van der Waals surface area contributed by atoms with Crippen LogP contribution in [0.5, 0.6) is 0 Å². The molecular formula is C21H17ClF3N3O3. The Hall–Kier alpha value is -3.33. The molecule has 0 spiro atoms. The number of hydrogen-bond acceptors (Lipinski definition) is 4. The van der Waals surface area contributed by atoms with E-state index in [9.17, 15) is 22.8 Å². The summed E-state index contributed by atoms with van der Waals surface area (Å²) in [6.45, 7) is 3.01. The Kier molecular flexibility index (Phi) is 6.35. The second-order valence-corrected chi connectivity index (χ2v) is 7.13. The van der Waals surface area contributed by atoms with Crippen LogP contribution in [0.1, 0.15) is 27.3 Å². The van der Waals surface area contributed by atoms with E-state index in [1.165, 1.54) is 18.2 Å². The topological polar surface area (TPSA) is 73.2 Å². The molecule has 2 aromatic carbocycles. The average molecular weight is 452 g/mol. The van der Waals surface area contributed by atoms with E-state index in [4.69, 9.17) is 16.3 Å². The predicted molar refractivity (Wildman–Crippen MR) is 108 cm³/mol. The molecule has 6 nitrogen and oxygen atoms in total. The number of aryl methyl sites for hydroxylation is 2. The molecule has 0 unspecified atom stereocenters. The second-order valence-electron chi connectivity index (χ2n) is 6.70. The van der Waals surface area contributed by atoms with Crippen LogP contribution in [0.2, 0.25) is 5.02 Å². The zero-order valence-corrected chi connectivity index (χ0v) is 17.2. The molecule has 1 heterocycles. The van der Waals surface area contributed by atoms with Crippen LogP contribution in [0.15, 0.2) is 48.5 Å². The lowest BCUT2D eigenvalue weighted by Gasteiger charge is -2.14. The molecule has 0 aliphatic rings. The van der Waals surface area contributed by atoms with E-state index in [0.29, 0.717) is 6.07 Å². The quantitative estimate of drug-likeness (QED) is 0.557. The Morgan fingerprint density at radius 1 is 1.10 bits per heavy atom. The Balaban J connectivity index is 1.62. The zero-order valence-electron chi connectivity index (χ0n) is 16.5. The normalized spacial score (nSPS) is 11.3. The summed E-state index contributed by atoms with van der Waals surface area (Å²) in [4.78, 5) is 24.2. The molecule has 1 amide bonds. The highest BCUT2D eigenvalue weighted by Gasteiger charge is 2.34. The van der Waals surface area contributed by atoms with Crippen molar-refractivity contribution in [1.29, 1.82) is 0 Å². The molecule has 0 bridgehead atoms. The number of amides is 1. The summed E-state index contributed by atoms with van der Waals surface area (Å²) >= 11 is 5.60. The summed E-state index contributed by atoms with van der Waals surface area (Å²) in [6.07, 6.45) is -4.71. The minimum atomic E-state index is -4.71. The van der Waals surface area contributed by atoms with Crippen molar-refractivity contribution in [3.05, 3.63) is 76.1 Å². The smallest absolute Gasteiger partial charge is 0.418 e. The Labute approximate surface area is 180 Å². The average Bonchev–Trinajstić information content (AvgIpc) is 3.05. The lowest BCUT2D eigenvalue weighted by atomic mass is 10.1. The number of nitrogens with zero attached hydrogens (tertiary/aromatic N) is 2. The van der Waals surface area contributed by atoms with E-state index in [1.807, 2.05) is 19.9 Å². The maximum absolute atomic E-state index is 13.1. The van der Waals surface area contributed by atoms with Crippen molar-refractivity contribution in [3.63, 3.8) is 0 Å². The van der Waals surface area contributed by atoms with E-state index in [0.717, 1.165) is 23.1 Å². The van der Waals surface area contributed by atoms with Crippen molar-refractivity contribution in [1.82, 2.24) is 9.78 Å². The van der Waals surface area contributed by atoms with Gasteiger partial charge in [-0.25, -0.2) is 9.48 Å². The van der Waals surface area contributed by atoms with Gasteiger partial charge in [0.15, 0.2) is 6.61 Å². The summed E-state index contributed by atoms with van der Waals surface area (Å²) < 4.78 is 45.9. The number of aromatic nitrogens is 2. The van der Waals surface area contributed by atoms with Gasteiger partial charge in [-0.2, -0.15) is 18.3 Å². The van der Waals surface area contributed by atoms with Crippen molar-refractivity contribution in [2.75, 3.05) is 11.9 Å². The first-order valence-electron chi connectivity index (χ1n) is 9.02. The van der Waals surface area contributed by atoms with Gasteiger partial charge in [-0.15, -0.1) is 0 Å². The van der Waals surface area contributed by atoms with Gasteiger partial charge in [-0.3, -0.25) is 4.79 Å². The fourth-order valence-corrected chi connectivity index (χ4v) is 3.06. The van der Waals surface area contributed by atoms with Gasteiger partial charge in [0.2, 0.25) is 0 Å². The Bertz CT molecular complexity index is 1130. The lowest BCUT2D eigenvalue weighted by Crippen LogP contribution is -2.22. The minimum absolute atomic E-state index is 0.124. The molecule has 10 heteroatoms. The summed E-state index contributed by atoms with van der Waals surface area (Å²) in [7, 11) is 0. The van der Waals surface area contributed by atoms with Crippen LogP contribution in [-0.2, 0) is 15.7 Å². The molecule has 0 atom stereocenters.